The molecule has 5 rings (SSSR count). The second-order valence-electron chi connectivity index (χ2n) is 6.69. The van der Waals surface area contributed by atoms with E-state index in [4.69, 9.17) is 4.74 Å². The molecule has 130 valence electrons. The number of nitro groups is 1. The second kappa shape index (κ2) is 5.68. The van der Waals surface area contributed by atoms with E-state index in [1.165, 1.54) is 12.1 Å². The van der Waals surface area contributed by atoms with Gasteiger partial charge in [-0.25, -0.2) is 4.90 Å². The number of allylic oxidation sites excluding steroid dienone is 2. The first-order valence-electron chi connectivity index (χ1n) is 8.50. The van der Waals surface area contributed by atoms with Gasteiger partial charge in [-0.1, -0.05) is 12.2 Å². The normalized spacial score (nSPS) is 29.9. The molecule has 1 aliphatic heterocycles. The number of nitrogens with zero attached hydrogens (tertiary/aromatic N) is 2. The molecule has 2 bridgehead atoms. The number of anilines is 1. The molecule has 2 fully saturated rings. The van der Waals surface area contributed by atoms with E-state index in [1.54, 1.807) is 13.0 Å². The number of ether oxygens (including phenoxy) is 1. The highest BCUT2D eigenvalue weighted by Crippen LogP contribution is 2.51. The number of fused-ring (bicyclic) bond motifs is 1. The molecule has 0 unspecified atom stereocenters. The van der Waals surface area contributed by atoms with Crippen LogP contribution in [0.5, 0.6) is 5.75 Å². The van der Waals surface area contributed by atoms with E-state index >= 15 is 0 Å². The van der Waals surface area contributed by atoms with E-state index < -0.39 is 4.92 Å². The number of nitro benzene ring substituents is 1. The zero-order valence-electron chi connectivity index (χ0n) is 13.8. The zero-order valence-corrected chi connectivity index (χ0v) is 13.8. The smallest absolute Gasteiger partial charge is 0.297 e. The minimum atomic E-state index is -0.576. The predicted octanol–water partition coefficient (Wildman–Crippen LogP) is 2.70. The van der Waals surface area contributed by atoms with E-state index in [9.17, 15) is 19.7 Å². The van der Waals surface area contributed by atoms with Crippen LogP contribution in [0.25, 0.3) is 0 Å². The quantitative estimate of drug-likeness (QED) is 0.363. The van der Waals surface area contributed by atoms with Crippen LogP contribution in [0.3, 0.4) is 0 Å². The minimum Gasteiger partial charge on any atom is -0.494 e. The maximum absolute atomic E-state index is 12.9. The van der Waals surface area contributed by atoms with Crippen LogP contribution in [0, 0.1) is 33.8 Å². The summed E-state index contributed by atoms with van der Waals surface area (Å²) < 4.78 is 5.30. The summed E-state index contributed by atoms with van der Waals surface area (Å²) in [6.07, 6.45) is 5.83. The summed E-state index contributed by atoms with van der Waals surface area (Å²) in [7, 11) is 0. The van der Waals surface area contributed by atoms with Crippen molar-refractivity contribution in [1.29, 1.82) is 0 Å². The monoisotopic (exact) mass is 342 g/mol. The van der Waals surface area contributed by atoms with Gasteiger partial charge in [-0.05, 0) is 43.7 Å². The molecule has 0 radical (unpaired) electrons. The first kappa shape index (κ1) is 15.8. The third kappa shape index (κ3) is 2.26. The summed E-state index contributed by atoms with van der Waals surface area (Å²) in [4.78, 5) is 37.8. The minimum absolute atomic E-state index is 0.0391. The number of rotatable bonds is 4. The van der Waals surface area contributed by atoms with Crippen molar-refractivity contribution in [2.75, 3.05) is 11.5 Å². The maximum Gasteiger partial charge on any atom is 0.297 e. The molecular weight excluding hydrogens is 324 g/mol. The van der Waals surface area contributed by atoms with Gasteiger partial charge >= 0.3 is 0 Å². The van der Waals surface area contributed by atoms with Gasteiger partial charge in [0, 0.05) is 0 Å². The Bertz CT molecular complexity index is 771. The first-order chi connectivity index (χ1) is 12.0. The molecule has 1 saturated heterocycles. The Hall–Kier alpha value is -2.70. The summed E-state index contributed by atoms with van der Waals surface area (Å²) in [6, 6.07) is 4.26. The lowest BCUT2D eigenvalue weighted by atomic mass is 9.63. The fourth-order valence-corrected chi connectivity index (χ4v) is 4.41. The number of carbonyl (C=O) groups excluding carboxylic acids is 2. The second-order valence-corrected chi connectivity index (χ2v) is 6.69. The Morgan fingerprint density at radius 2 is 1.76 bits per heavy atom. The van der Waals surface area contributed by atoms with Crippen molar-refractivity contribution in [3.05, 3.63) is 40.5 Å². The van der Waals surface area contributed by atoms with Crippen molar-refractivity contribution >= 4 is 23.2 Å². The van der Waals surface area contributed by atoms with Crippen LogP contribution in [-0.2, 0) is 9.59 Å². The summed E-state index contributed by atoms with van der Waals surface area (Å²) in [5.74, 6) is -0.958. The summed E-state index contributed by atoms with van der Waals surface area (Å²) in [5, 5.41) is 11.5. The van der Waals surface area contributed by atoms with Crippen molar-refractivity contribution in [2.24, 2.45) is 23.7 Å². The topological polar surface area (TPSA) is 89.8 Å². The molecule has 0 aromatic heterocycles. The molecular formula is C18H18N2O5. The molecule has 7 heteroatoms. The lowest BCUT2D eigenvalue weighted by molar-refractivity contribution is -0.384. The van der Waals surface area contributed by atoms with Gasteiger partial charge in [0.1, 0.15) is 11.4 Å². The van der Waals surface area contributed by atoms with Gasteiger partial charge in [-0.3, -0.25) is 19.7 Å². The van der Waals surface area contributed by atoms with Crippen LogP contribution in [-0.4, -0.2) is 23.3 Å². The molecule has 25 heavy (non-hydrogen) atoms. The highest BCUT2D eigenvalue weighted by molar-refractivity contribution is 6.23. The Kier molecular flexibility index (Phi) is 3.59. The van der Waals surface area contributed by atoms with E-state index in [0.717, 1.165) is 17.7 Å². The third-order valence-corrected chi connectivity index (χ3v) is 5.45. The molecule has 0 spiro atoms. The highest BCUT2D eigenvalue weighted by Gasteiger charge is 2.57. The fraction of sp³-hybridized carbons (Fsp3) is 0.444. The van der Waals surface area contributed by atoms with Gasteiger partial charge in [0.05, 0.1) is 29.4 Å². The highest BCUT2D eigenvalue weighted by atomic mass is 16.6. The van der Waals surface area contributed by atoms with E-state index in [1.807, 2.05) is 12.2 Å². The molecule has 7 nitrogen and oxygen atoms in total. The largest absolute Gasteiger partial charge is 0.494 e. The molecule has 0 N–H and O–H groups in total. The zero-order chi connectivity index (χ0) is 17.7. The average molecular weight is 342 g/mol. The number of carbonyl (C=O) groups is 2. The maximum atomic E-state index is 12.9. The first-order valence-corrected chi connectivity index (χ1v) is 8.50. The average Bonchev–Trinajstić information content (AvgIpc) is 2.89. The molecule has 1 saturated carbocycles. The van der Waals surface area contributed by atoms with E-state index in [-0.39, 0.29) is 46.9 Å². The van der Waals surface area contributed by atoms with Gasteiger partial charge in [0.2, 0.25) is 11.8 Å². The summed E-state index contributed by atoms with van der Waals surface area (Å²) in [5.41, 5.74) is -0.246. The molecule has 1 aromatic rings. The number of hydrogen-bond donors (Lipinski definition) is 0. The van der Waals surface area contributed by atoms with Crippen LogP contribution in [0.4, 0.5) is 11.4 Å². The SMILES string of the molecule is CCOc1ccc(N2C(=O)[C@@H]3[C@@H](C2=O)[C@@H]2C=C[C@@H]3CC2)c([N+](=O)[O-])c1. The Balaban J connectivity index is 1.77. The number of hydrogen-bond acceptors (Lipinski definition) is 5. The lowest BCUT2D eigenvalue weighted by Crippen LogP contribution is -2.38. The standard InChI is InChI=1S/C18H18N2O5/c1-2-25-12-7-8-13(14(9-12)20(23)24)19-17(21)15-10-3-4-11(6-5-10)16(15)18(19)22/h3-4,7-11,15-16H,2,5-6H2,1H3/t10-,11-,15+,16+/m1/s1. The van der Waals surface area contributed by atoms with Crippen LogP contribution >= 0.6 is 0 Å². The van der Waals surface area contributed by atoms with Crippen molar-refractivity contribution in [2.45, 2.75) is 19.8 Å². The van der Waals surface area contributed by atoms with E-state index in [2.05, 4.69) is 0 Å². The number of benzene rings is 1. The van der Waals surface area contributed by atoms with Crippen LogP contribution < -0.4 is 9.64 Å². The molecule has 1 heterocycles. The summed E-state index contributed by atoms with van der Waals surface area (Å²) in [6.45, 7) is 2.15. The van der Waals surface area contributed by atoms with E-state index in [0.29, 0.717) is 12.4 Å². The van der Waals surface area contributed by atoms with Gasteiger partial charge in [-0.2, -0.15) is 0 Å². The van der Waals surface area contributed by atoms with Crippen LogP contribution in [0.1, 0.15) is 19.8 Å². The van der Waals surface area contributed by atoms with Gasteiger partial charge in [0.15, 0.2) is 0 Å². The Morgan fingerprint density at radius 1 is 1.16 bits per heavy atom. The molecule has 1 aromatic carbocycles. The molecule has 3 aliphatic carbocycles. The van der Waals surface area contributed by atoms with Gasteiger partial charge in [0.25, 0.3) is 5.69 Å². The predicted molar refractivity (Wildman–Crippen MR) is 89.1 cm³/mol. The summed E-state index contributed by atoms with van der Waals surface area (Å²) >= 11 is 0. The van der Waals surface area contributed by atoms with Crippen LogP contribution in [0.2, 0.25) is 0 Å². The molecule has 4 aliphatic rings. The van der Waals surface area contributed by atoms with Gasteiger partial charge in [-0.15, -0.1) is 0 Å². The Labute approximate surface area is 144 Å². The van der Waals surface area contributed by atoms with Crippen LogP contribution in [0.15, 0.2) is 30.4 Å². The van der Waals surface area contributed by atoms with Gasteiger partial charge < -0.3 is 4.74 Å². The number of amides is 2. The molecule has 4 atom stereocenters. The van der Waals surface area contributed by atoms with Crippen molar-refractivity contribution in [1.82, 2.24) is 0 Å². The van der Waals surface area contributed by atoms with Crippen molar-refractivity contribution < 1.29 is 19.2 Å². The number of imide groups is 1. The lowest BCUT2D eigenvalue weighted by Gasteiger charge is -2.38. The van der Waals surface area contributed by atoms with Crippen molar-refractivity contribution in [3.8, 4) is 5.75 Å². The fourth-order valence-electron chi connectivity index (χ4n) is 4.41. The Morgan fingerprint density at radius 3 is 2.24 bits per heavy atom. The third-order valence-electron chi connectivity index (χ3n) is 5.45. The molecule has 2 amide bonds. The van der Waals surface area contributed by atoms with Crippen molar-refractivity contribution in [3.63, 3.8) is 0 Å².